The van der Waals surface area contributed by atoms with Crippen molar-refractivity contribution in [1.82, 2.24) is 10.0 Å². The number of hydrogen-bond acceptors (Lipinski definition) is 4. The first-order valence-corrected chi connectivity index (χ1v) is 9.53. The van der Waals surface area contributed by atoms with Crippen LogP contribution in [-0.2, 0) is 16.6 Å². The molecule has 0 radical (unpaired) electrons. The Morgan fingerprint density at radius 1 is 1.30 bits per heavy atom. The smallest absolute Gasteiger partial charge is 0.241 e. The molecule has 0 atom stereocenters. The molecule has 1 aromatic rings. The molecule has 0 bridgehead atoms. The zero-order valence-corrected chi connectivity index (χ0v) is 13.9. The fourth-order valence-electron chi connectivity index (χ4n) is 2.70. The van der Waals surface area contributed by atoms with Gasteiger partial charge in [0.2, 0.25) is 10.0 Å². The van der Waals surface area contributed by atoms with Gasteiger partial charge >= 0.3 is 0 Å². The summed E-state index contributed by atoms with van der Waals surface area (Å²) in [4.78, 5) is 1.43. The van der Waals surface area contributed by atoms with Gasteiger partial charge in [0.25, 0.3) is 0 Å². The van der Waals surface area contributed by atoms with E-state index in [1.165, 1.54) is 30.6 Å². The fourth-order valence-corrected chi connectivity index (χ4v) is 5.19. The van der Waals surface area contributed by atoms with Gasteiger partial charge in [0.05, 0.1) is 4.90 Å². The maximum absolute atomic E-state index is 12.3. The van der Waals surface area contributed by atoms with Gasteiger partial charge in [0.15, 0.2) is 0 Å². The minimum absolute atomic E-state index is 0.120. The molecule has 2 N–H and O–H groups in total. The Kier molecular flexibility index (Phi) is 5.23. The van der Waals surface area contributed by atoms with Crippen molar-refractivity contribution in [3.8, 4) is 0 Å². The van der Waals surface area contributed by atoms with Gasteiger partial charge in [-0.1, -0.05) is 26.2 Å². The second kappa shape index (κ2) is 6.56. The monoisotopic (exact) mass is 316 g/mol. The van der Waals surface area contributed by atoms with Gasteiger partial charge in [0, 0.05) is 23.3 Å². The molecule has 0 spiro atoms. The van der Waals surface area contributed by atoms with Crippen LogP contribution < -0.4 is 10.0 Å². The van der Waals surface area contributed by atoms with Gasteiger partial charge in [-0.2, -0.15) is 0 Å². The average Bonchev–Trinajstić information content (AvgIpc) is 2.88. The second-order valence-corrected chi connectivity index (χ2v) is 8.74. The number of rotatable bonds is 6. The van der Waals surface area contributed by atoms with Gasteiger partial charge in [-0.05, 0) is 31.4 Å². The van der Waals surface area contributed by atoms with Crippen LogP contribution in [0, 0.1) is 5.41 Å². The molecule has 6 heteroatoms. The molecule has 0 aliphatic heterocycles. The predicted molar refractivity (Wildman–Crippen MR) is 83.5 cm³/mol. The van der Waals surface area contributed by atoms with Crippen LogP contribution in [0.4, 0.5) is 0 Å². The number of nitrogens with one attached hydrogen (secondary N) is 2. The molecule has 0 unspecified atom stereocenters. The van der Waals surface area contributed by atoms with E-state index in [2.05, 4.69) is 17.0 Å². The molecule has 114 valence electrons. The molecule has 4 nitrogen and oxygen atoms in total. The first-order valence-electron chi connectivity index (χ1n) is 7.17. The maximum Gasteiger partial charge on any atom is 0.241 e. The van der Waals surface area contributed by atoms with Gasteiger partial charge in [0.1, 0.15) is 0 Å². The topological polar surface area (TPSA) is 58.2 Å². The molecular formula is C14H24N2O2S2. The van der Waals surface area contributed by atoms with E-state index in [9.17, 15) is 8.42 Å². The molecule has 20 heavy (non-hydrogen) atoms. The lowest BCUT2D eigenvalue weighted by atomic mass is 9.76. The number of hydrogen-bond donors (Lipinski definition) is 2. The average molecular weight is 316 g/mol. The van der Waals surface area contributed by atoms with E-state index in [0.29, 0.717) is 18.0 Å². The quantitative estimate of drug-likeness (QED) is 0.848. The normalized spacial score (nSPS) is 19.1. The molecular weight excluding hydrogens is 292 g/mol. The zero-order chi connectivity index (χ0) is 14.6. The van der Waals surface area contributed by atoms with Crippen molar-refractivity contribution in [2.24, 2.45) is 5.41 Å². The number of sulfonamides is 1. The highest BCUT2D eigenvalue weighted by atomic mass is 32.2. The van der Waals surface area contributed by atoms with Gasteiger partial charge < -0.3 is 5.32 Å². The summed E-state index contributed by atoms with van der Waals surface area (Å²) in [7, 11) is -1.51. The third-order valence-electron chi connectivity index (χ3n) is 4.04. The lowest BCUT2D eigenvalue weighted by Gasteiger charge is -2.33. The van der Waals surface area contributed by atoms with Crippen LogP contribution in [-0.4, -0.2) is 22.0 Å². The Bertz CT molecular complexity index is 531. The highest BCUT2D eigenvalue weighted by Crippen LogP contribution is 2.35. The van der Waals surface area contributed by atoms with Crippen LogP contribution in [0.3, 0.4) is 0 Å². The van der Waals surface area contributed by atoms with Gasteiger partial charge in [-0.15, -0.1) is 11.3 Å². The zero-order valence-electron chi connectivity index (χ0n) is 12.2. The van der Waals surface area contributed by atoms with Crippen molar-refractivity contribution in [1.29, 1.82) is 0 Å². The Hall–Kier alpha value is -0.430. The lowest BCUT2D eigenvalue weighted by molar-refractivity contribution is 0.219. The highest BCUT2D eigenvalue weighted by Gasteiger charge is 2.29. The van der Waals surface area contributed by atoms with Crippen molar-refractivity contribution < 1.29 is 8.42 Å². The Morgan fingerprint density at radius 2 is 2.00 bits per heavy atom. The first kappa shape index (κ1) is 15.9. The maximum atomic E-state index is 12.3. The van der Waals surface area contributed by atoms with Crippen LogP contribution in [0.15, 0.2) is 16.3 Å². The van der Waals surface area contributed by atoms with E-state index >= 15 is 0 Å². The summed E-state index contributed by atoms with van der Waals surface area (Å²) in [6.07, 6.45) is 5.93. The summed E-state index contributed by atoms with van der Waals surface area (Å²) >= 11 is 1.48. The standard InChI is InChI=1S/C14H24N2O2S2/c1-14(6-4-3-5-7-14)11-16-20(17,18)13-8-12(9-15-2)19-10-13/h8,10,15-16H,3-7,9,11H2,1-2H3. The summed E-state index contributed by atoms with van der Waals surface area (Å²) in [5, 5.41) is 4.75. The van der Waals surface area contributed by atoms with Crippen molar-refractivity contribution >= 4 is 21.4 Å². The molecule has 2 rings (SSSR count). The molecule has 1 aliphatic rings. The van der Waals surface area contributed by atoms with Crippen LogP contribution in [0.1, 0.15) is 43.9 Å². The molecule has 1 heterocycles. The predicted octanol–water partition coefficient (Wildman–Crippen LogP) is 2.72. The Morgan fingerprint density at radius 3 is 2.65 bits per heavy atom. The van der Waals surface area contributed by atoms with E-state index in [1.54, 1.807) is 11.4 Å². The van der Waals surface area contributed by atoms with Crippen molar-refractivity contribution in [3.05, 3.63) is 16.3 Å². The minimum atomic E-state index is -3.36. The molecule has 1 fully saturated rings. The molecule has 1 aliphatic carbocycles. The van der Waals surface area contributed by atoms with Crippen molar-refractivity contribution in [3.63, 3.8) is 0 Å². The lowest BCUT2D eigenvalue weighted by Crippen LogP contribution is -2.36. The third-order valence-corrected chi connectivity index (χ3v) is 6.51. The van der Waals surface area contributed by atoms with Crippen molar-refractivity contribution in [2.75, 3.05) is 13.6 Å². The van der Waals surface area contributed by atoms with Gasteiger partial charge in [-0.3, -0.25) is 0 Å². The number of thiophene rings is 1. The van der Waals surface area contributed by atoms with Crippen LogP contribution >= 0.6 is 11.3 Å². The fraction of sp³-hybridized carbons (Fsp3) is 0.714. The van der Waals surface area contributed by atoms with E-state index in [4.69, 9.17) is 0 Å². The summed E-state index contributed by atoms with van der Waals surface area (Å²) in [5.41, 5.74) is 0.120. The van der Waals surface area contributed by atoms with Crippen LogP contribution in [0.5, 0.6) is 0 Å². The molecule has 1 aromatic heterocycles. The molecule has 0 aromatic carbocycles. The largest absolute Gasteiger partial charge is 0.315 e. The summed E-state index contributed by atoms with van der Waals surface area (Å²) in [6, 6.07) is 1.76. The van der Waals surface area contributed by atoms with E-state index < -0.39 is 10.0 Å². The molecule has 0 saturated heterocycles. The second-order valence-electron chi connectivity index (χ2n) is 5.97. The SMILES string of the molecule is CNCc1cc(S(=O)(=O)NCC2(C)CCCCC2)cs1. The summed E-state index contributed by atoms with van der Waals surface area (Å²) < 4.78 is 27.4. The highest BCUT2D eigenvalue weighted by molar-refractivity contribution is 7.89. The van der Waals surface area contributed by atoms with Crippen molar-refractivity contribution in [2.45, 2.75) is 50.5 Å². The summed E-state index contributed by atoms with van der Waals surface area (Å²) in [6.45, 7) is 3.44. The third kappa shape index (κ3) is 4.04. The first-order chi connectivity index (χ1) is 9.45. The molecule has 1 saturated carbocycles. The Labute approximate surface area is 126 Å². The summed E-state index contributed by atoms with van der Waals surface area (Å²) in [5.74, 6) is 0. The van der Waals surface area contributed by atoms with E-state index in [0.717, 1.165) is 17.7 Å². The van der Waals surface area contributed by atoms with E-state index in [-0.39, 0.29) is 5.41 Å². The van der Waals surface area contributed by atoms with E-state index in [1.807, 2.05) is 7.05 Å². The Balaban J connectivity index is 1.99. The minimum Gasteiger partial charge on any atom is -0.315 e. The van der Waals surface area contributed by atoms with Gasteiger partial charge in [-0.25, -0.2) is 13.1 Å². The van der Waals surface area contributed by atoms with Crippen LogP contribution in [0.2, 0.25) is 0 Å². The molecule has 0 amide bonds. The van der Waals surface area contributed by atoms with Crippen LogP contribution in [0.25, 0.3) is 0 Å².